The largest absolute Gasteiger partial charge is 0.266 e. The topological polar surface area (TPSA) is 50.3 Å². The number of rotatable bonds is 3. The van der Waals surface area contributed by atoms with Crippen molar-refractivity contribution >= 4 is 31.6 Å². The maximum absolute atomic E-state index is 13.0. The fraction of sp³-hybridized carbons (Fsp3) is 0.105. The van der Waals surface area contributed by atoms with Crippen molar-refractivity contribution in [3.05, 3.63) is 77.0 Å². The van der Waals surface area contributed by atoms with E-state index in [1.54, 1.807) is 36.7 Å². The van der Waals surface area contributed by atoms with Crippen LogP contribution in [0.3, 0.4) is 0 Å². The molecule has 0 saturated carbocycles. The highest BCUT2D eigenvalue weighted by atomic mass is 79.9. The molecule has 0 atom stereocenters. The lowest BCUT2D eigenvalue weighted by Crippen LogP contribution is -2.29. The van der Waals surface area contributed by atoms with Crippen LogP contribution >= 0.6 is 15.9 Å². The Balaban J connectivity index is 1.72. The van der Waals surface area contributed by atoms with E-state index in [2.05, 4.69) is 27.0 Å². The summed E-state index contributed by atoms with van der Waals surface area (Å²) in [6, 6.07) is 16.6. The summed E-state index contributed by atoms with van der Waals surface area (Å²) >= 11 is 3.34. The van der Waals surface area contributed by atoms with Crippen molar-refractivity contribution in [2.45, 2.75) is 11.3 Å². The molecule has 3 aromatic rings. The Bertz CT molecular complexity index is 1020. The van der Waals surface area contributed by atoms with E-state index in [0.29, 0.717) is 17.9 Å². The van der Waals surface area contributed by atoms with E-state index in [0.717, 1.165) is 26.9 Å². The van der Waals surface area contributed by atoms with Crippen molar-refractivity contribution in [2.24, 2.45) is 0 Å². The minimum atomic E-state index is -3.54. The van der Waals surface area contributed by atoms with Crippen molar-refractivity contribution in [3.63, 3.8) is 0 Å². The standard InChI is InChI=1S/C19H15BrN2O2S/c20-17-2-4-18(5-3-17)25(23,24)22-12-9-16-13-15(1-6-19(16)22)14-7-10-21-11-8-14/h1-8,10-11,13H,9,12H2. The molecule has 25 heavy (non-hydrogen) atoms. The predicted octanol–water partition coefficient (Wildman–Crippen LogP) is 4.26. The highest BCUT2D eigenvalue weighted by Gasteiger charge is 2.30. The summed E-state index contributed by atoms with van der Waals surface area (Å²) in [5, 5.41) is 0. The molecule has 126 valence electrons. The summed E-state index contributed by atoms with van der Waals surface area (Å²) in [6.07, 6.45) is 4.23. The number of anilines is 1. The smallest absolute Gasteiger partial charge is 0.264 e. The van der Waals surface area contributed by atoms with Crippen LogP contribution in [0, 0.1) is 0 Å². The van der Waals surface area contributed by atoms with Gasteiger partial charge in [0.05, 0.1) is 10.6 Å². The van der Waals surface area contributed by atoms with E-state index in [9.17, 15) is 8.42 Å². The number of aromatic nitrogens is 1. The van der Waals surface area contributed by atoms with Gasteiger partial charge in [-0.25, -0.2) is 8.42 Å². The van der Waals surface area contributed by atoms with Gasteiger partial charge in [-0.05, 0) is 71.6 Å². The third-order valence-corrected chi connectivity index (χ3v) is 6.70. The Hall–Kier alpha value is -2.18. The van der Waals surface area contributed by atoms with Gasteiger partial charge < -0.3 is 0 Å². The summed E-state index contributed by atoms with van der Waals surface area (Å²) < 4.78 is 28.3. The van der Waals surface area contributed by atoms with Crippen LogP contribution in [0.15, 0.2) is 76.4 Å². The van der Waals surface area contributed by atoms with Gasteiger partial charge in [-0.1, -0.05) is 22.0 Å². The van der Waals surface area contributed by atoms with Gasteiger partial charge in [0.2, 0.25) is 0 Å². The number of benzene rings is 2. The minimum Gasteiger partial charge on any atom is -0.266 e. The van der Waals surface area contributed by atoms with Gasteiger partial charge in [-0.15, -0.1) is 0 Å². The normalized spacial score (nSPS) is 13.7. The van der Waals surface area contributed by atoms with Crippen LogP contribution in [-0.4, -0.2) is 19.9 Å². The summed E-state index contributed by atoms with van der Waals surface area (Å²) in [7, 11) is -3.54. The summed E-state index contributed by atoms with van der Waals surface area (Å²) in [5.74, 6) is 0. The van der Waals surface area contributed by atoms with E-state index in [1.807, 2.05) is 24.3 Å². The lowest BCUT2D eigenvalue weighted by atomic mass is 10.0. The number of hydrogen-bond donors (Lipinski definition) is 0. The van der Waals surface area contributed by atoms with Crippen molar-refractivity contribution in [2.75, 3.05) is 10.8 Å². The fourth-order valence-electron chi connectivity index (χ4n) is 3.08. The predicted molar refractivity (Wildman–Crippen MR) is 102 cm³/mol. The van der Waals surface area contributed by atoms with Crippen LogP contribution < -0.4 is 4.31 Å². The first-order valence-electron chi connectivity index (χ1n) is 7.87. The highest BCUT2D eigenvalue weighted by Crippen LogP contribution is 2.35. The Morgan fingerprint density at radius 1 is 0.920 bits per heavy atom. The van der Waals surface area contributed by atoms with Gasteiger partial charge in [-0.3, -0.25) is 9.29 Å². The average molecular weight is 415 g/mol. The minimum absolute atomic E-state index is 0.307. The van der Waals surface area contributed by atoms with Gasteiger partial charge in [0.15, 0.2) is 0 Å². The second-order valence-electron chi connectivity index (χ2n) is 5.86. The molecule has 4 nitrogen and oxygen atoms in total. The van der Waals surface area contributed by atoms with Gasteiger partial charge in [0.25, 0.3) is 10.0 Å². The second kappa shape index (κ2) is 6.28. The third kappa shape index (κ3) is 2.96. The number of sulfonamides is 1. The monoisotopic (exact) mass is 414 g/mol. The summed E-state index contributed by atoms with van der Waals surface area (Å²) in [6.45, 7) is 0.466. The summed E-state index contributed by atoms with van der Waals surface area (Å²) in [4.78, 5) is 4.34. The zero-order valence-corrected chi connectivity index (χ0v) is 15.7. The van der Waals surface area contributed by atoms with Crippen LogP contribution in [0.2, 0.25) is 0 Å². The first-order chi connectivity index (χ1) is 12.1. The first kappa shape index (κ1) is 16.3. The zero-order valence-electron chi connectivity index (χ0n) is 13.3. The Morgan fingerprint density at radius 2 is 1.64 bits per heavy atom. The van der Waals surface area contributed by atoms with Crippen LogP contribution in [-0.2, 0) is 16.4 Å². The average Bonchev–Trinajstić information content (AvgIpc) is 3.07. The molecule has 4 rings (SSSR count). The van der Waals surface area contributed by atoms with Gasteiger partial charge >= 0.3 is 0 Å². The zero-order chi connectivity index (χ0) is 17.4. The lowest BCUT2D eigenvalue weighted by molar-refractivity contribution is 0.592. The molecule has 0 bridgehead atoms. The molecule has 1 aliphatic heterocycles. The Labute approximate surface area is 155 Å². The molecule has 0 fully saturated rings. The molecule has 6 heteroatoms. The molecule has 0 unspecified atom stereocenters. The first-order valence-corrected chi connectivity index (χ1v) is 10.1. The van der Waals surface area contributed by atoms with Crippen molar-refractivity contribution in [3.8, 4) is 11.1 Å². The highest BCUT2D eigenvalue weighted by molar-refractivity contribution is 9.10. The van der Waals surface area contributed by atoms with Crippen molar-refractivity contribution in [1.29, 1.82) is 0 Å². The van der Waals surface area contributed by atoms with Crippen molar-refractivity contribution in [1.82, 2.24) is 4.98 Å². The molecule has 2 aromatic carbocycles. The number of pyridine rings is 1. The Kier molecular flexibility index (Phi) is 4.09. The SMILES string of the molecule is O=S(=O)(c1ccc(Br)cc1)N1CCc2cc(-c3ccncc3)ccc21. The van der Waals surface area contributed by atoms with Gasteiger partial charge in [-0.2, -0.15) is 0 Å². The number of halogens is 1. The maximum atomic E-state index is 13.0. The van der Waals surface area contributed by atoms with Crippen LogP contribution in [0.25, 0.3) is 11.1 Å². The molecule has 0 spiro atoms. The van der Waals surface area contributed by atoms with E-state index in [4.69, 9.17) is 0 Å². The molecular formula is C19H15BrN2O2S. The molecular weight excluding hydrogens is 400 g/mol. The Morgan fingerprint density at radius 3 is 2.36 bits per heavy atom. The molecule has 0 aliphatic carbocycles. The van der Waals surface area contributed by atoms with Crippen LogP contribution in [0.1, 0.15) is 5.56 Å². The second-order valence-corrected chi connectivity index (χ2v) is 8.64. The molecule has 0 N–H and O–H groups in total. The van der Waals surface area contributed by atoms with E-state index >= 15 is 0 Å². The molecule has 0 radical (unpaired) electrons. The van der Waals surface area contributed by atoms with E-state index < -0.39 is 10.0 Å². The quantitative estimate of drug-likeness (QED) is 0.642. The van der Waals surface area contributed by atoms with Crippen LogP contribution in [0.5, 0.6) is 0 Å². The fourth-order valence-corrected chi connectivity index (χ4v) is 4.85. The lowest BCUT2D eigenvalue weighted by Gasteiger charge is -2.20. The number of fused-ring (bicyclic) bond motifs is 1. The molecule has 0 saturated heterocycles. The van der Waals surface area contributed by atoms with E-state index in [-0.39, 0.29) is 0 Å². The van der Waals surface area contributed by atoms with Gasteiger partial charge in [0.1, 0.15) is 0 Å². The van der Waals surface area contributed by atoms with Gasteiger partial charge in [0, 0.05) is 23.4 Å². The number of nitrogens with zero attached hydrogens (tertiary/aromatic N) is 2. The molecule has 2 heterocycles. The molecule has 1 aromatic heterocycles. The number of hydrogen-bond acceptors (Lipinski definition) is 3. The van der Waals surface area contributed by atoms with E-state index in [1.165, 1.54) is 4.31 Å². The molecule has 0 amide bonds. The molecule has 1 aliphatic rings. The third-order valence-electron chi connectivity index (χ3n) is 4.35. The maximum Gasteiger partial charge on any atom is 0.264 e. The summed E-state index contributed by atoms with van der Waals surface area (Å²) in [5.41, 5.74) is 3.96. The van der Waals surface area contributed by atoms with Crippen LogP contribution in [0.4, 0.5) is 5.69 Å². The van der Waals surface area contributed by atoms with Crippen molar-refractivity contribution < 1.29 is 8.42 Å².